The van der Waals surface area contributed by atoms with Crippen molar-refractivity contribution in [3.05, 3.63) is 28.8 Å². The largest absolute Gasteiger partial charge is 0.508 e. The molecule has 1 aromatic rings. The average Bonchev–Trinajstić information content (AvgIpc) is 2.93. The topological polar surface area (TPSA) is 46.2 Å². The molecular weight excluding hydrogens is 233 g/mol. The summed E-state index contributed by atoms with van der Waals surface area (Å²) in [6, 6.07) is 4.94. The van der Waals surface area contributed by atoms with Crippen molar-refractivity contribution in [3.8, 4) is 5.75 Å². The number of nitrogens with two attached hydrogens (primary N) is 1. The molecule has 1 saturated carbocycles. The van der Waals surface area contributed by atoms with Crippen LogP contribution in [0.2, 0.25) is 5.02 Å². The Balaban J connectivity index is 0.00000112. The number of halogens is 2. The lowest BCUT2D eigenvalue weighted by atomic mass is 10.0. The Morgan fingerprint density at radius 1 is 1.47 bits per heavy atom. The fourth-order valence-electron chi connectivity index (χ4n) is 1.66. The molecule has 2 rings (SSSR count). The maximum Gasteiger partial charge on any atom is 0.120 e. The van der Waals surface area contributed by atoms with Gasteiger partial charge in [0.15, 0.2) is 0 Å². The highest BCUT2D eigenvalue weighted by atomic mass is 35.5. The van der Waals surface area contributed by atoms with Gasteiger partial charge < -0.3 is 10.8 Å². The number of rotatable bonds is 3. The Labute approximate surface area is 101 Å². The van der Waals surface area contributed by atoms with Gasteiger partial charge in [0.05, 0.1) is 0 Å². The van der Waals surface area contributed by atoms with Crippen molar-refractivity contribution in [2.45, 2.75) is 25.3 Å². The van der Waals surface area contributed by atoms with Crippen LogP contribution in [0, 0.1) is 5.92 Å². The van der Waals surface area contributed by atoms with Crippen molar-refractivity contribution in [1.82, 2.24) is 0 Å². The van der Waals surface area contributed by atoms with E-state index in [2.05, 4.69) is 0 Å². The van der Waals surface area contributed by atoms with Crippen LogP contribution in [-0.2, 0) is 0 Å². The zero-order chi connectivity index (χ0) is 10.1. The molecule has 3 N–H and O–H groups in total. The number of hydrogen-bond acceptors (Lipinski definition) is 2. The Morgan fingerprint density at radius 3 is 2.73 bits per heavy atom. The molecule has 0 spiro atoms. The van der Waals surface area contributed by atoms with Crippen molar-refractivity contribution in [2.75, 3.05) is 0 Å². The second-order valence-electron chi connectivity index (χ2n) is 3.99. The van der Waals surface area contributed by atoms with Crippen molar-refractivity contribution < 1.29 is 5.11 Å². The van der Waals surface area contributed by atoms with Crippen LogP contribution in [-0.4, -0.2) is 5.11 Å². The minimum Gasteiger partial charge on any atom is -0.508 e. The Kier molecular flexibility index (Phi) is 4.26. The zero-order valence-electron chi connectivity index (χ0n) is 8.32. The fourth-order valence-corrected chi connectivity index (χ4v) is 1.84. The lowest BCUT2D eigenvalue weighted by molar-refractivity contribution is 0.455. The van der Waals surface area contributed by atoms with Crippen LogP contribution in [0.15, 0.2) is 18.2 Å². The summed E-state index contributed by atoms with van der Waals surface area (Å²) in [4.78, 5) is 0. The van der Waals surface area contributed by atoms with Crippen LogP contribution < -0.4 is 5.73 Å². The molecule has 0 amide bonds. The molecule has 0 aliphatic heterocycles. The van der Waals surface area contributed by atoms with Gasteiger partial charge >= 0.3 is 0 Å². The first-order valence-corrected chi connectivity index (χ1v) is 5.28. The summed E-state index contributed by atoms with van der Waals surface area (Å²) in [6.45, 7) is 0. The third kappa shape index (κ3) is 3.26. The van der Waals surface area contributed by atoms with Crippen molar-refractivity contribution in [2.24, 2.45) is 11.7 Å². The van der Waals surface area contributed by atoms with E-state index in [0.717, 1.165) is 17.9 Å². The molecule has 15 heavy (non-hydrogen) atoms. The fraction of sp³-hybridized carbons (Fsp3) is 0.455. The molecular formula is C11H15Cl2NO. The summed E-state index contributed by atoms with van der Waals surface area (Å²) in [7, 11) is 0. The molecule has 0 unspecified atom stereocenters. The van der Waals surface area contributed by atoms with Gasteiger partial charge in [-0.1, -0.05) is 24.4 Å². The predicted octanol–water partition coefficient (Wildman–Crippen LogP) is 3.27. The number of benzene rings is 1. The third-order valence-corrected chi connectivity index (χ3v) is 2.91. The first-order chi connectivity index (χ1) is 6.66. The summed E-state index contributed by atoms with van der Waals surface area (Å²) in [5, 5.41) is 10.2. The minimum absolute atomic E-state index is 0. The van der Waals surface area contributed by atoms with E-state index in [9.17, 15) is 5.11 Å². The highest BCUT2D eigenvalue weighted by Gasteiger charge is 2.25. The first-order valence-electron chi connectivity index (χ1n) is 4.91. The monoisotopic (exact) mass is 247 g/mol. The minimum atomic E-state index is -0.0822. The highest BCUT2D eigenvalue weighted by Crippen LogP contribution is 2.38. The summed E-state index contributed by atoms with van der Waals surface area (Å²) < 4.78 is 0. The smallest absolute Gasteiger partial charge is 0.120 e. The molecule has 0 radical (unpaired) electrons. The van der Waals surface area contributed by atoms with E-state index in [1.807, 2.05) is 0 Å². The molecule has 1 atom stereocenters. The number of phenolic OH excluding ortho intramolecular Hbond substituents is 1. The van der Waals surface area contributed by atoms with E-state index in [0.29, 0.717) is 5.02 Å². The molecule has 4 heteroatoms. The molecule has 84 valence electrons. The van der Waals surface area contributed by atoms with E-state index >= 15 is 0 Å². The molecule has 0 bridgehead atoms. The first kappa shape index (κ1) is 12.6. The zero-order valence-corrected chi connectivity index (χ0v) is 9.89. The number of phenols is 1. The van der Waals surface area contributed by atoms with E-state index < -0.39 is 0 Å². The van der Waals surface area contributed by atoms with Gasteiger partial charge in [0.1, 0.15) is 5.75 Å². The maximum absolute atomic E-state index is 9.60. The van der Waals surface area contributed by atoms with Crippen LogP contribution in [0.4, 0.5) is 0 Å². The van der Waals surface area contributed by atoms with Crippen LogP contribution in [0.1, 0.15) is 30.9 Å². The SMILES string of the molecule is Cl.N[C@@H](CC1CC1)c1cc(Cl)ccc1O. The van der Waals surface area contributed by atoms with Crippen molar-refractivity contribution >= 4 is 24.0 Å². The Hall–Kier alpha value is -0.440. The summed E-state index contributed by atoms with van der Waals surface area (Å²) in [5.74, 6) is 1.01. The van der Waals surface area contributed by atoms with Crippen LogP contribution in [0.25, 0.3) is 0 Å². The molecule has 0 saturated heterocycles. The van der Waals surface area contributed by atoms with Gasteiger partial charge in [-0.3, -0.25) is 0 Å². The predicted molar refractivity (Wildman–Crippen MR) is 64.6 cm³/mol. The van der Waals surface area contributed by atoms with Gasteiger partial charge in [-0.15, -0.1) is 12.4 Å². The molecule has 1 fully saturated rings. The standard InChI is InChI=1S/C11H14ClNO.ClH/c12-8-3-4-11(14)9(6-8)10(13)5-7-1-2-7;/h3-4,6-7,10,14H,1-2,5,13H2;1H/t10-;/m0./s1. The van der Waals surface area contributed by atoms with Crippen molar-refractivity contribution in [1.29, 1.82) is 0 Å². The second kappa shape index (κ2) is 5.06. The van der Waals surface area contributed by atoms with Crippen LogP contribution >= 0.6 is 24.0 Å². The average molecular weight is 248 g/mol. The highest BCUT2D eigenvalue weighted by molar-refractivity contribution is 6.30. The van der Waals surface area contributed by atoms with Gasteiger partial charge in [0, 0.05) is 16.6 Å². The summed E-state index contributed by atoms with van der Waals surface area (Å²) >= 11 is 5.85. The molecule has 0 heterocycles. The van der Waals surface area contributed by atoms with E-state index in [-0.39, 0.29) is 24.2 Å². The van der Waals surface area contributed by atoms with Crippen LogP contribution in [0.3, 0.4) is 0 Å². The van der Waals surface area contributed by atoms with Gasteiger partial charge in [-0.2, -0.15) is 0 Å². The van der Waals surface area contributed by atoms with E-state index in [1.165, 1.54) is 12.8 Å². The summed E-state index contributed by atoms with van der Waals surface area (Å²) in [5.41, 5.74) is 6.75. The number of hydrogen-bond donors (Lipinski definition) is 2. The Bertz CT molecular complexity index is 339. The molecule has 1 aromatic carbocycles. The molecule has 1 aliphatic rings. The lowest BCUT2D eigenvalue weighted by Gasteiger charge is -2.13. The molecule has 1 aliphatic carbocycles. The second-order valence-corrected chi connectivity index (χ2v) is 4.43. The number of aromatic hydroxyl groups is 1. The lowest BCUT2D eigenvalue weighted by Crippen LogP contribution is -2.11. The third-order valence-electron chi connectivity index (χ3n) is 2.67. The molecule has 2 nitrogen and oxygen atoms in total. The van der Waals surface area contributed by atoms with E-state index in [4.69, 9.17) is 17.3 Å². The van der Waals surface area contributed by atoms with Gasteiger partial charge in [-0.25, -0.2) is 0 Å². The normalized spacial score (nSPS) is 16.9. The van der Waals surface area contributed by atoms with Crippen molar-refractivity contribution in [3.63, 3.8) is 0 Å². The van der Waals surface area contributed by atoms with Gasteiger partial charge in [0.2, 0.25) is 0 Å². The Morgan fingerprint density at radius 2 is 2.13 bits per heavy atom. The van der Waals surface area contributed by atoms with Gasteiger partial charge in [-0.05, 0) is 30.5 Å². The summed E-state index contributed by atoms with van der Waals surface area (Å²) in [6.07, 6.45) is 3.50. The quantitative estimate of drug-likeness (QED) is 0.862. The molecule has 0 aromatic heterocycles. The van der Waals surface area contributed by atoms with E-state index in [1.54, 1.807) is 18.2 Å². The van der Waals surface area contributed by atoms with Crippen LogP contribution in [0.5, 0.6) is 5.75 Å². The van der Waals surface area contributed by atoms with Gasteiger partial charge in [0.25, 0.3) is 0 Å². The maximum atomic E-state index is 9.60.